The molecule has 11 heteroatoms. The second-order valence-electron chi connectivity index (χ2n) is 6.33. The largest absolute Gasteiger partial charge is 0.573 e. The predicted octanol–water partition coefficient (Wildman–Crippen LogP) is 4.69. The topological polar surface area (TPSA) is 72.7 Å². The van der Waals surface area contributed by atoms with Gasteiger partial charge in [-0.2, -0.15) is 0 Å². The van der Waals surface area contributed by atoms with Crippen LogP contribution in [0.2, 0.25) is 0 Å². The number of hydrogen-bond donors (Lipinski definition) is 0. The molecule has 0 N–H and O–H groups in total. The van der Waals surface area contributed by atoms with E-state index in [9.17, 15) is 18.0 Å². The molecule has 0 saturated heterocycles. The zero-order valence-electron chi connectivity index (χ0n) is 17.8. The highest BCUT2D eigenvalue weighted by Crippen LogP contribution is 2.22. The molecular formula is C22H19F3IN3O4. The minimum atomic E-state index is -4.75. The molecule has 0 fully saturated rings. The smallest absolute Gasteiger partial charge is 0.406 e. The van der Waals surface area contributed by atoms with E-state index in [-0.39, 0.29) is 24.0 Å². The van der Waals surface area contributed by atoms with E-state index < -0.39 is 6.36 Å². The Kier molecular flexibility index (Phi) is 9.53. The number of nitrogens with zero attached hydrogens (tertiary/aromatic N) is 3. The maximum Gasteiger partial charge on any atom is 0.573 e. The molecule has 0 atom stereocenters. The van der Waals surface area contributed by atoms with E-state index in [1.165, 1.54) is 34.5 Å². The van der Waals surface area contributed by atoms with Crippen LogP contribution >= 0.6 is 22.9 Å². The van der Waals surface area contributed by atoms with Crippen molar-refractivity contribution in [3.63, 3.8) is 0 Å². The summed E-state index contributed by atoms with van der Waals surface area (Å²) < 4.78 is 41.8. The molecule has 1 amide bonds. The average Bonchev–Trinajstić information content (AvgIpc) is 2.76. The predicted molar refractivity (Wildman–Crippen MR) is 125 cm³/mol. The molecule has 0 radical (unpaired) electrons. The molecule has 0 bridgehead atoms. The van der Waals surface area contributed by atoms with Gasteiger partial charge in [-0.15, -0.1) is 13.2 Å². The number of carbonyl (C=O) groups excluding carboxylic acids is 1. The van der Waals surface area contributed by atoms with Crippen LogP contribution in [0.4, 0.5) is 13.2 Å². The molecule has 7 nitrogen and oxygen atoms in total. The van der Waals surface area contributed by atoms with Crippen molar-refractivity contribution in [3.05, 3.63) is 65.2 Å². The number of rotatable bonds is 7. The number of amides is 1. The Morgan fingerprint density at radius 3 is 2.39 bits per heavy atom. The van der Waals surface area contributed by atoms with Gasteiger partial charge in [-0.3, -0.25) is 7.91 Å². The Morgan fingerprint density at radius 2 is 1.79 bits per heavy atom. The number of oxime groups is 2. The fourth-order valence-corrected chi connectivity index (χ4v) is 2.67. The lowest BCUT2D eigenvalue weighted by molar-refractivity contribution is -0.274. The Hall–Kier alpha value is -3.27. The normalized spacial score (nSPS) is 11.8. The molecule has 2 rings (SSSR count). The van der Waals surface area contributed by atoms with Crippen molar-refractivity contribution in [3.8, 4) is 17.6 Å². The number of benzene rings is 2. The monoisotopic (exact) mass is 573 g/mol. The SMILES string of the molecule is CO/N=C(/C(=O)N(C)I)c1ccccc1CO/N=C(\C)C#Cc1ccc(OC(F)(F)F)cc1. The van der Waals surface area contributed by atoms with Crippen LogP contribution in [-0.4, -0.2) is 41.0 Å². The average molecular weight is 573 g/mol. The summed E-state index contributed by atoms with van der Waals surface area (Å²) in [5, 5.41) is 7.77. The lowest BCUT2D eigenvalue weighted by Crippen LogP contribution is -2.27. The van der Waals surface area contributed by atoms with Crippen LogP contribution in [0.25, 0.3) is 0 Å². The molecule has 33 heavy (non-hydrogen) atoms. The van der Waals surface area contributed by atoms with E-state index in [0.717, 1.165) is 0 Å². The van der Waals surface area contributed by atoms with Crippen LogP contribution in [0.15, 0.2) is 58.8 Å². The fourth-order valence-electron chi connectivity index (χ4n) is 2.44. The van der Waals surface area contributed by atoms with Gasteiger partial charge < -0.3 is 14.4 Å². The van der Waals surface area contributed by atoms with Crippen molar-refractivity contribution >= 4 is 40.2 Å². The third kappa shape index (κ3) is 8.64. The first-order chi connectivity index (χ1) is 15.6. The summed E-state index contributed by atoms with van der Waals surface area (Å²) >= 11 is 1.84. The second kappa shape index (κ2) is 12.1. The number of ether oxygens (including phenoxy) is 1. The summed E-state index contributed by atoms with van der Waals surface area (Å²) in [5.74, 6) is 4.85. The number of hydrogen-bond acceptors (Lipinski definition) is 6. The van der Waals surface area contributed by atoms with Gasteiger partial charge in [-0.05, 0) is 37.1 Å². The lowest BCUT2D eigenvalue weighted by atomic mass is 10.0. The molecule has 0 aliphatic heterocycles. The Bertz CT molecular complexity index is 1090. The molecule has 0 aromatic heterocycles. The van der Waals surface area contributed by atoms with Gasteiger partial charge in [-0.25, -0.2) is 0 Å². The molecule has 174 valence electrons. The van der Waals surface area contributed by atoms with Crippen molar-refractivity contribution in [1.29, 1.82) is 0 Å². The van der Waals surface area contributed by atoms with Gasteiger partial charge in [-0.1, -0.05) is 40.5 Å². The number of likely N-dealkylation sites (N-methyl/N-ethyl adjacent to an activating group) is 1. The van der Waals surface area contributed by atoms with Gasteiger partial charge in [0, 0.05) is 23.7 Å². The molecule has 0 saturated carbocycles. The van der Waals surface area contributed by atoms with E-state index in [1.54, 1.807) is 38.2 Å². The highest BCUT2D eigenvalue weighted by molar-refractivity contribution is 14.1. The Morgan fingerprint density at radius 1 is 1.12 bits per heavy atom. The molecule has 0 aliphatic rings. The lowest BCUT2D eigenvalue weighted by Gasteiger charge is -2.13. The van der Waals surface area contributed by atoms with Crippen molar-refractivity contribution in [1.82, 2.24) is 3.11 Å². The summed E-state index contributed by atoms with van der Waals surface area (Å²) in [5.41, 5.74) is 2.13. The summed E-state index contributed by atoms with van der Waals surface area (Å²) in [7, 11) is 2.94. The van der Waals surface area contributed by atoms with Crippen LogP contribution in [0.5, 0.6) is 5.75 Å². The van der Waals surface area contributed by atoms with Crippen LogP contribution in [0, 0.1) is 11.8 Å². The van der Waals surface area contributed by atoms with Crippen LogP contribution < -0.4 is 4.74 Å². The highest BCUT2D eigenvalue weighted by Gasteiger charge is 2.30. The van der Waals surface area contributed by atoms with E-state index >= 15 is 0 Å². The van der Waals surface area contributed by atoms with E-state index in [0.29, 0.717) is 22.4 Å². The van der Waals surface area contributed by atoms with Gasteiger partial charge in [0.25, 0.3) is 5.91 Å². The fraction of sp³-hybridized carbons (Fsp3) is 0.227. The van der Waals surface area contributed by atoms with Gasteiger partial charge >= 0.3 is 6.36 Å². The molecule has 2 aromatic rings. The third-order valence-electron chi connectivity index (χ3n) is 3.83. The molecule has 0 heterocycles. The molecule has 0 spiro atoms. The number of alkyl halides is 3. The molecule has 2 aromatic carbocycles. The maximum atomic E-state index is 12.4. The highest BCUT2D eigenvalue weighted by atomic mass is 127. The van der Waals surface area contributed by atoms with Crippen molar-refractivity contribution < 1.29 is 32.4 Å². The van der Waals surface area contributed by atoms with Gasteiger partial charge in [0.2, 0.25) is 0 Å². The maximum absolute atomic E-state index is 12.4. The summed E-state index contributed by atoms with van der Waals surface area (Å²) in [6.07, 6.45) is -4.75. The second-order valence-corrected chi connectivity index (χ2v) is 7.78. The van der Waals surface area contributed by atoms with E-state index in [2.05, 4.69) is 26.9 Å². The first-order valence-electron chi connectivity index (χ1n) is 9.28. The minimum absolute atomic E-state index is 0.0413. The van der Waals surface area contributed by atoms with Crippen molar-refractivity contribution in [2.24, 2.45) is 10.3 Å². The molecule has 0 unspecified atom stereocenters. The van der Waals surface area contributed by atoms with Gasteiger partial charge in [0.1, 0.15) is 25.2 Å². The summed E-state index contributed by atoms with van der Waals surface area (Å²) in [4.78, 5) is 22.6. The van der Waals surface area contributed by atoms with Crippen LogP contribution in [0.1, 0.15) is 23.6 Å². The summed E-state index contributed by atoms with van der Waals surface area (Å²) in [6.45, 7) is 1.66. The Labute approximate surface area is 202 Å². The van der Waals surface area contributed by atoms with E-state index in [4.69, 9.17) is 9.68 Å². The minimum Gasteiger partial charge on any atom is -0.406 e. The van der Waals surface area contributed by atoms with Crippen LogP contribution in [-0.2, 0) is 21.1 Å². The first kappa shape index (κ1) is 26.0. The third-order valence-corrected chi connectivity index (χ3v) is 4.27. The summed E-state index contributed by atoms with van der Waals surface area (Å²) in [6, 6.07) is 12.2. The molecule has 0 aliphatic carbocycles. The van der Waals surface area contributed by atoms with Gasteiger partial charge in [0.15, 0.2) is 5.71 Å². The zero-order chi connectivity index (χ0) is 24.4. The van der Waals surface area contributed by atoms with Crippen molar-refractivity contribution in [2.45, 2.75) is 19.9 Å². The first-order valence-corrected chi connectivity index (χ1v) is 10.2. The Balaban J connectivity index is 2.08. The zero-order valence-corrected chi connectivity index (χ0v) is 20.0. The van der Waals surface area contributed by atoms with Gasteiger partial charge in [0.05, 0.1) is 22.9 Å². The quantitative estimate of drug-likeness (QED) is 0.159. The number of carbonyl (C=O) groups is 1. The van der Waals surface area contributed by atoms with E-state index in [1.807, 2.05) is 22.9 Å². The number of halogens is 4. The standard InChI is InChI=1S/C22H19F3IN3O4/c1-15(8-9-16-10-12-18(13-11-16)33-22(23,24)25)27-32-14-17-6-4-5-7-19(17)20(28-31-3)21(30)29(2)26/h4-7,10-13H,14H2,1-3H3/b27-15+,28-20+. The molecular weight excluding hydrogens is 554 g/mol. The van der Waals surface area contributed by atoms with Crippen LogP contribution in [0.3, 0.4) is 0 Å². The van der Waals surface area contributed by atoms with Crippen molar-refractivity contribution in [2.75, 3.05) is 14.2 Å².